The number of aromatic nitrogens is 1. The van der Waals surface area contributed by atoms with Crippen molar-refractivity contribution >= 4 is 43.7 Å². The molecule has 7 aromatic carbocycles. The largest absolute Gasteiger partial charge is 0.456 e. The summed E-state index contributed by atoms with van der Waals surface area (Å²) < 4.78 is 8.49. The molecule has 0 atom stereocenters. The first-order chi connectivity index (χ1) is 21.8. The molecule has 0 saturated heterocycles. The maximum atomic E-state index is 6.13. The zero-order chi connectivity index (χ0) is 29.0. The normalized spacial score (nSPS) is 11.6. The summed E-state index contributed by atoms with van der Waals surface area (Å²) in [5.74, 6) is 0. The fourth-order valence-electron chi connectivity index (χ4n) is 6.74. The van der Waals surface area contributed by atoms with Crippen molar-refractivity contribution in [3.63, 3.8) is 0 Å². The Hall–Kier alpha value is -5.86. The average Bonchev–Trinajstić information content (AvgIpc) is 3.65. The van der Waals surface area contributed by atoms with Gasteiger partial charge in [0.2, 0.25) is 0 Å². The predicted molar refractivity (Wildman–Crippen MR) is 184 cm³/mol. The van der Waals surface area contributed by atoms with Gasteiger partial charge in [-0.1, -0.05) is 121 Å². The lowest BCUT2D eigenvalue weighted by atomic mass is 9.95. The maximum absolute atomic E-state index is 6.13. The van der Waals surface area contributed by atoms with Crippen molar-refractivity contribution in [3.8, 4) is 39.1 Å². The molecule has 0 spiro atoms. The van der Waals surface area contributed by atoms with Gasteiger partial charge in [-0.25, -0.2) is 0 Å². The van der Waals surface area contributed by atoms with Gasteiger partial charge in [0, 0.05) is 27.2 Å². The first-order valence-corrected chi connectivity index (χ1v) is 15.0. The third kappa shape index (κ3) is 3.89. The van der Waals surface area contributed by atoms with Crippen LogP contribution in [0.2, 0.25) is 0 Å². The molecule has 206 valence electrons. The summed E-state index contributed by atoms with van der Waals surface area (Å²) >= 11 is 0. The van der Waals surface area contributed by atoms with E-state index in [4.69, 9.17) is 4.42 Å². The van der Waals surface area contributed by atoms with E-state index in [1.165, 1.54) is 66.3 Å². The van der Waals surface area contributed by atoms with Crippen LogP contribution in [-0.4, -0.2) is 4.57 Å². The maximum Gasteiger partial charge on any atom is 0.136 e. The quantitative estimate of drug-likeness (QED) is 0.209. The van der Waals surface area contributed by atoms with E-state index in [0.29, 0.717) is 0 Å². The third-order valence-electron chi connectivity index (χ3n) is 8.83. The molecule has 0 unspecified atom stereocenters. The van der Waals surface area contributed by atoms with Crippen LogP contribution in [0.4, 0.5) is 0 Å². The molecule has 0 aliphatic carbocycles. The Bertz CT molecular complexity index is 2420. The van der Waals surface area contributed by atoms with E-state index >= 15 is 0 Å². The molecular formula is C42H27NO. The van der Waals surface area contributed by atoms with Crippen LogP contribution in [0.15, 0.2) is 168 Å². The summed E-state index contributed by atoms with van der Waals surface area (Å²) in [6, 6.07) is 58.5. The highest BCUT2D eigenvalue weighted by atomic mass is 16.3. The second-order valence-electron chi connectivity index (χ2n) is 11.4. The van der Waals surface area contributed by atoms with Crippen molar-refractivity contribution in [3.05, 3.63) is 164 Å². The van der Waals surface area contributed by atoms with Crippen LogP contribution in [0.25, 0.3) is 82.8 Å². The number of benzene rings is 7. The number of nitrogens with zero attached hydrogens (tertiary/aromatic N) is 1. The van der Waals surface area contributed by atoms with Gasteiger partial charge in [0.25, 0.3) is 0 Å². The van der Waals surface area contributed by atoms with Crippen LogP contribution < -0.4 is 0 Å². The standard InChI is InChI=1S/C42H27NO/c1-4-15-38-35(11-1)36-12-2-5-16-39(36)43(38)33-25-23-29(24-26-33)32-10-7-9-31(27-32)28-19-21-30(22-20-28)34-14-8-18-41-42(34)37-13-3-6-17-40(37)44-41/h1-27H. The molecule has 2 heterocycles. The Morgan fingerprint density at radius 1 is 0.364 bits per heavy atom. The van der Waals surface area contributed by atoms with Crippen molar-refractivity contribution in [1.82, 2.24) is 4.57 Å². The first kappa shape index (κ1) is 24.7. The van der Waals surface area contributed by atoms with Crippen molar-refractivity contribution in [2.24, 2.45) is 0 Å². The van der Waals surface area contributed by atoms with Crippen LogP contribution in [0.1, 0.15) is 0 Å². The number of hydrogen-bond acceptors (Lipinski definition) is 1. The number of para-hydroxylation sites is 3. The lowest BCUT2D eigenvalue weighted by Gasteiger charge is -2.11. The van der Waals surface area contributed by atoms with Gasteiger partial charge >= 0.3 is 0 Å². The molecule has 0 saturated carbocycles. The molecule has 2 aromatic heterocycles. The van der Waals surface area contributed by atoms with E-state index < -0.39 is 0 Å². The molecule has 0 N–H and O–H groups in total. The highest BCUT2D eigenvalue weighted by Crippen LogP contribution is 2.38. The highest BCUT2D eigenvalue weighted by Gasteiger charge is 2.13. The lowest BCUT2D eigenvalue weighted by molar-refractivity contribution is 0.669. The van der Waals surface area contributed by atoms with E-state index in [1.807, 2.05) is 18.2 Å². The number of furan rings is 1. The first-order valence-electron chi connectivity index (χ1n) is 15.0. The van der Waals surface area contributed by atoms with E-state index in [0.717, 1.165) is 16.6 Å². The summed E-state index contributed by atoms with van der Waals surface area (Å²) in [5, 5.41) is 4.88. The van der Waals surface area contributed by atoms with Crippen LogP contribution in [0, 0.1) is 0 Å². The van der Waals surface area contributed by atoms with Gasteiger partial charge in [0.15, 0.2) is 0 Å². The second kappa shape index (κ2) is 9.86. The fourth-order valence-corrected chi connectivity index (χ4v) is 6.74. The van der Waals surface area contributed by atoms with Crippen LogP contribution >= 0.6 is 0 Å². The number of fused-ring (bicyclic) bond motifs is 6. The third-order valence-corrected chi connectivity index (χ3v) is 8.83. The minimum atomic E-state index is 0.921. The molecule has 0 aliphatic heterocycles. The molecule has 2 nitrogen and oxygen atoms in total. The SMILES string of the molecule is c1cc(-c2ccc(-c3cccc4oc5ccccc5c34)cc2)cc(-c2ccc(-n3c4ccccc4c4ccccc43)cc2)c1. The van der Waals surface area contributed by atoms with Crippen LogP contribution in [0.3, 0.4) is 0 Å². The van der Waals surface area contributed by atoms with E-state index in [2.05, 4.69) is 150 Å². The van der Waals surface area contributed by atoms with Gasteiger partial charge in [-0.2, -0.15) is 0 Å². The molecular weight excluding hydrogens is 534 g/mol. The van der Waals surface area contributed by atoms with Gasteiger partial charge in [-0.3, -0.25) is 0 Å². The fraction of sp³-hybridized carbons (Fsp3) is 0. The van der Waals surface area contributed by atoms with E-state index in [1.54, 1.807) is 0 Å². The molecule has 0 fully saturated rings. The summed E-state index contributed by atoms with van der Waals surface area (Å²) in [6.07, 6.45) is 0. The van der Waals surface area contributed by atoms with Crippen molar-refractivity contribution in [2.75, 3.05) is 0 Å². The second-order valence-corrected chi connectivity index (χ2v) is 11.4. The van der Waals surface area contributed by atoms with Crippen molar-refractivity contribution in [2.45, 2.75) is 0 Å². The van der Waals surface area contributed by atoms with Crippen molar-refractivity contribution in [1.29, 1.82) is 0 Å². The predicted octanol–water partition coefficient (Wildman–Crippen LogP) is 11.7. The summed E-state index contributed by atoms with van der Waals surface area (Å²) in [5.41, 5.74) is 12.6. The summed E-state index contributed by atoms with van der Waals surface area (Å²) in [6.45, 7) is 0. The monoisotopic (exact) mass is 561 g/mol. The van der Waals surface area contributed by atoms with Crippen LogP contribution in [-0.2, 0) is 0 Å². The van der Waals surface area contributed by atoms with Gasteiger partial charge in [-0.05, 0) is 75.8 Å². The molecule has 2 heteroatoms. The number of hydrogen-bond donors (Lipinski definition) is 0. The molecule has 0 bridgehead atoms. The minimum Gasteiger partial charge on any atom is -0.456 e. The molecule has 44 heavy (non-hydrogen) atoms. The lowest BCUT2D eigenvalue weighted by Crippen LogP contribution is -1.93. The molecule has 0 amide bonds. The van der Waals surface area contributed by atoms with E-state index in [-0.39, 0.29) is 0 Å². The topological polar surface area (TPSA) is 18.1 Å². The number of rotatable bonds is 4. The Kier molecular flexibility index (Phi) is 5.54. The molecule has 0 radical (unpaired) electrons. The summed E-state index contributed by atoms with van der Waals surface area (Å²) in [7, 11) is 0. The Balaban J connectivity index is 1.05. The van der Waals surface area contributed by atoms with Gasteiger partial charge in [0.05, 0.1) is 11.0 Å². The molecule has 0 aliphatic rings. The Labute approximate surface area is 255 Å². The zero-order valence-corrected chi connectivity index (χ0v) is 23.9. The van der Waals surface area contributed by atoms with Gasteiger partial charge in [-0.15, -0.1) is 0 Å². The van der Waals surface area contributed by atoms with Crippen LogP contribution in [0.5, 0.6) is 0 Å². The highest BCUT2D eigenvalue weighted by molar-refractivity contribution is 6.12. The smallest absolute Gasteiger partial charge is 0.136 e. The Morgan fingerprint density at radius 3 is 1.57 bits per heavy atom. The minimum absolute atomic E-state index is 0.921. The Morgan fingerprint density at radius 2 is 0.886 bits per heavy atom. The van der Waals surface area contributed by atoms with E-state index in [9.17, 15) is 0 Å². The molecule has 9 aromatic rings. The summed E-state index contributed by atoms with van der Waals surface area (Å²) in [4.78, 5) is 0. The zero-order valence-electron chi connectivity index (χ0n) is 23.9. The van der Waals surface area contributed by atoms with Gasteiger partial charge in [0.1, 0.15) is 11.2 Å². The average molecular weight is 562 g/mol. The molecule has 9 rings (SSSR count). The van der Waals surface area contributed by atoms with Gasteiger partial charge < -0.3 is 8.98 Å². The van der Waals surface area contributed by atoms with Crippen molar-refractivity contribution < 1.29 is 4.42 Å².